The Kier molecular flexibility index (Phi) is 3.34. The van der Waals surface area contributed by atoms with E-state index in [-0.39, 0.29) is 0 Å². The van der Waals surface area contributed by atoms with E-state index in [0.717, 1.165) is 29.8 Å². The second-order valence-corrected chi connectivity index (χ2v) is 5.35. The molecule has 0 atom stereocenters. The standard InChI is InChI=1S/C15H20N4O/c1-10-12(6-7-20-10)9-19(3)14-8-13(16-2)17-15(18-14)11-4-5-11/h6-8,11H,4-5,9H2,1-3H3,(H,16,17,18). The Balaban J connectivity index is 1.84. The topological polar surface area (TPSA) is 54.2 Å². The van der Waals surface area contributed by atoms with Crippen molar-refractivity contribution in [3.05, 3.63) is 35.5 Å². The largest absolute Gasteiger partial charge is 0.469 e. The van der Waals surface area contributed by atoms with Crippen molar-refractivity contribution in [3.63, 3.8) is 0 Å². The molecule has 0 amide bonds. The lowest BCUT2D eigenvalue weighted by Gasteiger charge is -2.19. The highest BCUT2D eigenvalue weighted by molar-refractivity contribution is 5.49. The summed E-state index contributed by atoms with van der Waals surface area (Å²) in [5.41, 5.74) is 1.19. The zero-order valence-corrected chi connectivity index (χ0v) is 12.2. The first kappa shape index (κ1) is 13.0. The molecule has 2 aromatic rings. The van der Waals surface area contributed by atoms with Crippen LogP contribution in [0.1, 0.15) is 35.9 Å². The van der Waals surface area contributed by atoms with E-state index < -0.39 is 0 Å². The molecule has 0 aromatic carbocycles. The van der Waals surface area contributed by atoms with Crippen LogP contribution >= 0.6 is 0 Å². The minimum absolute atomic E-state index is 0.547. The predicted octanol–water partition coefficient (Wildman–Crippen LogP) is 2.93. The van der Waals surface area contributed by atoms with Crippen molar-refractivity contribution in [1.82, 2.24) is 9.97 Å². The lowest BCUT2D eigenvalue weighted by molar-refractivity contribution is 0.529. The second-order valence-electron chi connectivity index (χ2n) is 5.35. The van der Waals surface area contributed by atoms with Crippen LogP contribution in [0.25, 0.3) is 0 Å². The smallest absolute Gasteiger partial charge is 0.136 e. The molecule has 5 nitrogen and oxygen atoms in total. The van der Waals surface area contributed by atoms with Gasteiger partial charge in [-0.05, 0) is 25.8 Å². The lowest BCUT2D eigenvalue weighted by Crippen LogP contribution is -2.19. The molecule has 0 saturated heterocycles. The van der Waals surface area contributed by atoms with Gasteiger partial charge < -0.3 is 14.6 Å². The maximum atomic E-state index is 5.35. The van der Waals surface area contributed by atoms with E-state index in [1.165, 1.54) is 18.4 Å². The summed E-state index contributed by atoms with van der Waals surface area (Å²) in [6.45, 7) is 2.77. The summed E-state index contributed by atoms with van der Waals surface area (Å²) in [5.74, 6) is 4.30. The van der Waals surface area contributed by atoms with Gasteiger partial charge >= 0.3 is 0 Å². The van der Waals surface area contributed by atoms with Crippen molar-refractivity contribution < 1.29 is 4.42 Å². The van der Waals surface area contributed by atoms with Crippen LogP contribution in [0.15, 0.2) is 22.8 Å². The quantitative estimate of drug-likeness (QED) is 0.907. The molecule has 1 fully saturated rings. The Morgan fingerprint density at radius 3 is 2.80 bits per heavy atom. The third-order valence-electron chi connectivity index (χ3n) is 3.69. The number of nitrogens with zero attached hydrogens (tertiary/aromatic N) is 3. The summed E-state index contributed by atoms with van der Waals surface area (Å²) in [6, 6.07) is 4.00. The Bertz CT molecular complexity index is 604. The zero-order chi connectivity index (χ0) is 14.1. The number of rotatable bonds is 5. The van der Waals surface area contributed by atoms with Crippen LogP contribution in [0.4, 0.5) is 11.6 Å². The Hall–Kier alpha value is -2.04. The van der Waals surface area contributed by atoms with Gasteiger partial charge in [0.05, 0.1) is 6.26 Å². The van der Waals surface area contributed by atoms with Crippen LogP contribution in [0.2, 0.25) is 0 Å². The third kappa shape index (κ3) is 2.61. The van der Waals surface area contributed by atoms with Crippen molar-refractivity contribution in [2.24, 2.45) is 0 Å². The number of nitrogens with one attached hydrogen (secondary N) is 1. The summed E-state index contributed by atoms with van der Waals surface area (Å²) in [6.07, 6.45) is 4.14. The van der Waals surface area contributed by atoms with Crippen LogP contribution < -0.4 is 10.2 Å². The Labute approximate surface area is 119 Å². The maximum absolute atomic E-state index is 5.35. The summed E-state index contributed by atoms with van der Waals surface area (Å²) in [4.78, 5) is 11.4. The van der Waals surface area contributed by atoms with Crippen LogP contribution in [-0.2, 0) is 6.54 Å². The fourth-order valence-electron chi connectivity index (χ4n) is 2.21. The van der Waals surface area contributed by atoms with Gasteiger partial charge in [0.1, 0.15) is 23.2 Å². The van der Waals surface area contributed by atoms with Crippen LogP contribution in [0.5, 0.6) is 0 Å². The average molecular weight is 272 g/mol. The minimum Gasteiger partial charge on any atom is -0.469 e. The maximum Gasteiger partial charge on any atom is 0.136 e. The summed E-state index contributed by atoms with van der Waals surface area (Å²) >= 11 is 0. The van der Waals surface area contributed by atoms with E-state index in [4.69, 9.17) is 9.40 Å². The van der Waals surface area contributed by atoms with Gasteiger partial charge in [0.15, 0.2) is 0 Å². The molecule has 1 aliphatic carbocycles. The highest BCUT2D eigenvalue weighted by Crippen LogP contribution is 2.39. The molecule has 0 bridgehead atoms. The van der Waals surface area contributed by atoms with Crippen molar-refractivity contribution in [3.8, 4) is 0 Å². The van der Waals surface area contributed by atoms with E-state index >= 15 is 0 Å². The number of aryl methyl sites for hydroxylation is 1. The molecular weight excluding hydrogens is 252 g/mol. The monoisotopic (exact) mass is 272 g/mol. The first-order valence-corrected chi connectivity index (χ1v) is 6.98. The fourth-order valence-corrected chi connectivity index (χ4v) is 2.21. The van der Waals surface area contributed by atoms with Gasteiger partial charge in [-0.3, -0.25) is 0 Å². The first-order valence-electron chi connectivity index (χ1n) is 6.98. The zero-order valence-electron chi connectivity index (χ0n) is 12.2. The van der Waals surface area contributed by atoms with Crippen molar-refractivity contribution in [1.29, 1.82) is 0 Å². The molecule has 1 N–H and O–H groups in total. The molecule has 0 spiro atoms. The fraction of sp³-hybridized carbons (Fsp3) is 0.467. The molecule has 3 rings (SSSR count). The van der Waals surface area contributed by atoms with Gasteiger partial charge in [-0.1, -0.05) is 0 Å². The van der Waals surface area contributed by atoms with E-state index in [1.807, 2.05) is 33.2 Å². The molecule has 2 heterocycles. The van der Waals surface area contributed by atoms with E-state index in [2.05, 4.69) is 15.2 Å². The molecule has 20 heavy (non-hydrogen) atoms. The third-order valence-corrected chi connectivity index (χ3v) is 3.69. The summed E-state index contributed by atoms with van der Waals surface area (Å²) in [5, 5.41) is 3.12. The van der Waals surface area contributed by atoms with Gasteiger partial charge in [0.2, 0.25) is 0 Å². The molecule has 0 aliphatic heterocycles. The molecule has 0 unspecified atom stereocenters. The Morgan fingerprint density at radius 2 is 2.20 bits per heavy atom. The van der Waals surface area contributed by atoms with Gasteiger partial charge in [-0.15, -0.1) is 0 Å². The van der Waals surface area contributed by atoms with Gasteiger partial charge in [0.25, 0.3) is 0 Å². The summed E-state index contributed by atoms with van der Waals surface area (Å²) < 4.78 is 5.35. The van der Waals surface area contributed by atoms with E-state index in [9.17, 15) is 0 Å². The predicted molar refractivity (Wildman–Crippen MR) is 79.1 cm³/mol. The molecule has 2 aromatic heterocycles. The molecule has 106 valence electrons. The number of aromatic nitrogens is 2. The Morgan fingerprint density at radius 1 is 1.40 bits per heavy atom. The van der Waals surface area contributed by atoms with Gasteiger partial charge in [0, 0.05) is 38.2 Å². The lowest BCUT2D eigenvalue weighted by atomic mass is 10.2. The van der Waals surface area contributed by atoms with Gasteiger partial charge in [-0.2, -0.15) is 0 Å². The van der Waals surface area contributed by atoms with Crippen molar-refractivity contribution >= 4 is 11.6 Å². The molecule has 0 radical (unpaired) electrons. The number of furan rings is 1. The number of hydrogen-bond acceptors (Lipinski definition) is 5. The normalized spacial score (nSPS) is 14.3. The van der Waals surface area contributed by atoms with Crippen LogP contribution in [0.3, 0.4) is 0 Å². The molecule has 1 saturated carbocycles. The highest BCUT2D eigenvalue weighted by atomic mass is 16.3. The number of hydrogen-bond donors (Lipinski definition) is 1. The highest BCUT2D eigenvalue weighted by Gasteiger charge is 2.27. The first-order chi connectivity index (χ1) is 9.67. The average Bonchev–Trinajstić information content (AvgIpc) is 3.24. The van der Waals surface area contributed by atoms with E-state index in [0.29, 0.717) is 5.92 Å². The second kappa shape index (κ2) is 5.15. The SMILES string of the molecule is CNc1cc(N(C)Cc2ccoc2C)nc(C2CC2)n1. The van der Waals surface area contributed by atoms with Crippen molar-refractivity contribution in [2.45, 2.75) is 32.2 Å². The van der Waals surface area contributed by atoms with Gasteiger partial charge in [-0.25, -0.2) is 9.97 Å². The van der Waals surface area contributed by atoms with E-state index in [1.54, 1.807) is 6.26 Å². The minimum atomic E-state index is 0.547. The van der Waals surface area contributed by atoms with Crippen molar-refractivity contribution in [2.75, 3.05) is 24.3 Å². The molecule has 5 heteroatoms. The molecule has 1 aliphatic rings. The van der Waals surface area contributed by atoms with Crippen LogP contribution in [-0.4, -0.2) is 24.1 Å². The summed E-state index contributed by atoms with van der Waals surface area (Å²) in [7, 11) is 3.94. The number of anilines is 2. The molecular formula is C15H20N4O. The van der Waals surface area contributed by atoms with Crippen LogP contribution in [0, 0.1) is 6.92 Å².